The van der Waals surface area contributed by atoms with Gasteiger partial charge in [-0.3, -0.25) is 9.59 Å². The number of piperidine rings is 1. The van der Waals surface area contributed by atoms with Crippen LogP contribution in [0.3, 0.4) is 0 Å². The Morgan fingerprint density at radius 1 is 1.00 bits per heavy atom. The van der Waals surface area contributed by atoms with Gasteiger partial charge in [-0.15, -0.1) is 0 Å². The van der Waals surface area contributed by atoms with Crippen molar-refractivity contribution in [3.63, 3.8) is 0 Å². The molecule has 1 N–H and O–H groups in total. The minimum absolute atomic E-state index is 0.0496. The number of nitrogens with zero attached hydrogens (tertiary/aromatic N) is 1. The number of hydrogen-bond acceptors (Lipinski definition) is 5. The molecule has 0 saturated carbocycles. The van der Waals surface area contributed by atoms with Crippen LogP contribution in [-0.2, 0) is 37.3 Å². The van der Waals surface area contributed by atoms with Crippen LogP contribution in [0.5, 0.6) is 0 Å². The topological polar surface area (TPSA) is 92.8 Å². The van der Waals surface area contributed by atoms with Crippen molar-refractivity contribution in [1.82, 2.24) is 9.62 Å². The van der Waals surface area contributed by atoms with E-state index >= 15 is 0 Å². The van der Waals surface area contributed by atoms with Crippen LogP contribution in [-0.4, -0.2) is 44.9 Å². The molecule has 0 spiro atoms. The zero-order valence-corrected chi connectivity index (χ0v) is 19.1. The molecule has 0 bridgehead atoms. The lowest BCUT2D eigenvalue weighted by Gasteiger charge is -2.31. The van der Waals surface area contributed by atoms with Crippen LogP contribution in [0.1, 0.15) is 37.3 Å². The zero-order chi connectivity index (χ0) is 23.0. The number of ether oxygens (including phenoxy) is 1. The Balaban J connectivity index is 1.46. The first-order valence-electron chi connectivity index (χ1n) is 11.0. The highest BCUT2D eigenvalue weighted by molar-refractivity contribution is 7.89. The normalized spacial score (nSPS) is 14.8. The van der Waals surface area contributed by atoms with Crippen LogP contribution in [0.4, 0.5) is 0 Å². The van der Waals surface area contributed by atoms with Crippen LogP contribution >= 0.6 is 0 Å². The van der Waals surface area contributed by atoms with Crippen molar-refractivity contribution in [3.8, 4) is 0 Å². The highest BCUT2D eigenvalue weighted by Gasteiger charge is 2.27. The first-order chi connectivity index (χ1) is 15.4. The van der Waals surface area contributed by atoms with Gasteiger partial charge in [0.15, 0.2) is 0 Å². The lowest BCUT2D eigenvalue weighted by Crippen LogP contribution is -2.40. The number of sulfonamides is 1. The van der Waals surface area contributed by atoms with Gasteiger partial charge in [0.1, 0.15) is 0 Å². The molecule has 1 aliphatic rings. The molecule has 3 rings (SSSR count). The van der Waals surface area contributed by atoms with E-state index in [2.05, 4.69) is 4.72 Å². The molecule has 8 heteroatoms. The van der Waals surface area contributed by atoms with Crippen LogP contribution < -0.4 is 4.72 Å². The van der Waals surface area contributed by atoms with Crippen molar-refractivity contribution in [2.45, 2.75) is 44.0 Å². The van der Waals surface area contributed by atoms with Crippen LogP contribution in [0.2, 0.25) is 0 Å². The summed E-state index contributed by atoms with van der Waals surface area (Å²) in [5.41, 5.74) is 1.79. The average molecular weight is 459 g/mol. The van der Waals surface area contributed by atoms with Gasteiger partial charge in [0.2, 0.25) is 15.9 Å². The average Bonchev–Trinajstić information content (AvgIpc) is 2.82. The Bertz CT molecular complexity index is 998. The molecule has 32 heavy (non-hydrogen) atoms. The number of likely N-dealkylation sites (tertiary alicyclic amines) is 1. The molecule has 1 heterocycles. The Hall–Kier alpha value is -2.71. The summed E-state index contributed by atoms with van der Waals surface area (Å²) in [5.74, 6) is -0.245. The highest BCUT2D eigenvalue weighted by atomic mass is 32.2. The Kier molecular flexibility index (Phi) is 8.41. The SMILES string of the molecule is CCOC(=O)C1CCN(C(=O)CCc2ccc(S(=O)(=O)NCc3ccccc3)cc2)CC1. The van der Waals surface area contributed by atoms with Gasteiger partial charge >= 0.3 is 5.97 Å². The molecule has 1 aliphatic heterocycles. The Labute approximate surface area is 189 Å². The molecule has 2 aromatic rings. The summed E-state index contributed by atoms with van der Waals surface area (Å²) in [6, 6.07) is 16.0. The van der Waals surface area contributed by atoms with E-state index < -0.39 is 10.0 Å². The third-order valence-corrected chi connectivity index (χ3v) is 7.06. The number of aryl methyl sites for hydroxylation is 1. The maximum Gasteiger partial charge on any atom is 0.309 e. The summed E-state index contributed by atoms with van der Waals surface area (Å²) in [7, 11) is -3.60. The molecule has 0 aliphatic carbocycles. The third-order valence-electron chi connectivity index (χ3n) is 5.64. The smallest absolute Gasteiger partial charge is 0.309 e. The van der Waals surface area contributed by atoms with Crippen molar-refractivity contribution < 1.29 is 22.7 Å². The largest absolute Gasteiger partial charge is 0.466 e. The number of carbonyl (C=O) groups excluding carboxylic acids is 2. The van der Waals surface area contributed by atoms with Gasteiger partial charge in [-0.2, -0.15) is 0 Å². The fourth-order valence-corrected chi connectivity index (χ4v) is 4.74. The molecule has 2 aromatic carbocycles. The number of esters is 1. The highest BCUT2D eigenvalue weighted by Crippen LogP contribution is 2.20. The van der Waals surface area contributed by atoms with E-state index in [0.29, 0.717) is 45.4 Å². The van der Waals surface area contributed by atoms with Crippen molar-refractivity contribution in [1.29, 1.82) is 0 Å². The fourth-order valence-electron chi connectivity index (χ4n) is 3.73. The maximum atomic E-state index is 12.5. The lowest BCUT2D eigenvalue weighted by molar-refractivity contribution is -0.151. The van der Waals surface area contributed by atoms with Gasteiger partial charge in [-0.05, 0) is 49.4 Å². The Morgan fingerprint density at radius 3 is 2.28 bits per heavy atom. The molecule has 0 unspecified atom stereocenters. The zero-order valence-electron chi connectivity index (χ0n) is 18.3. The minimum Gasteiger partial charge on any atom is -0.466 e. The number of hydrogen-bond donors (Lipinski definition) is 1. The molecule has 7 nitrogen and oxygen atoms in total. The number of nitrogens with one attached hydrogen (secondary N) is 1. The van der Waals surface area contributed by atoms with Crippen molar-refractivity contribution in [2.24, 2.45) is 5.92 Å². The molecule has 1 saturated heterocycles. The standard InChI is InChI=1S/C24H30N2O5S/c1-2-31-24(28)21-14-16-26(17-15-21)23(27)13-10-19-8-11-22(12-9-19)32(29,30)25-18-20-6-4-3-5-7-20/h3-9,11-12,21,25H,2,10,13-18H2,1H3. The van der Waals surface area contributed by atoms with Crippen molar-refractivity contribution in [3.05, 3.63) is 65.7 Å². The quantitative estimate of drug-likeness (QED) is 0.584. The number of benzene rings is 2. The van der Waals surface area contributed by atoms with Gasteiger partial charge in [0.25, 0.3) is 0 Å². The third kappa shape index (κ3) is 6.64. The Morgan fingerprint density at radius 2 is 1.66 bits per heavy atom. The van der Waals surface area contributed by atoms with E-state index in [0.717, 1.165) is 11.1 Å². The van der Waals surface area contributed by atoms with Crippen LogP contribution in [0.15, 0.2) is 59.5 Å². The molecule has 1 fully saturated rings. The fraction of sp³-hybridized carbons (Fsp3) is 0.417. The van der Waals surface area contributed by atoms with Crippen molar-refractivity contribution >= 4 is 21.9 Å². The van der Waals surface area contributed by atoms with Crippen LogP contribution in [0.25, 0.3) is 0 Å². The minimum atomic E-state index is -3.60. The van der Waals surface area contributed by atoms with E-state index in [9.17, 15) is 18.0 Å². The van der Waals surface area contributed by atoms with Gasteiger partial charge in [-0.1, -0.05) is 42.5 Å². The predicted molar refractivity (Wildman–Crippen MR) is 121 cm³/mol. The second kappa shape index (κ2) is 11.2. The van der Waals surface area contributed by atoms with Crippen molar-refractivity contribution in [2.75, 3.05) is 19.7 Å². The van der Waals surface area contributed by atoms with E-state index in [1.807, 2.05) is 30.3 Å². The summed E-state index contributed by atoms with van der Waals surface area (Å²) >= 11 is 0. The summed E-state index contributed by atoms with van der Waals surface area (Å²) in [6.45, 7) is 3.52. The second-order valence-electron chi connectivity index (χ2n) is 7.86. The first kappa shape index (κ1) is 23.9. The van der Waals surface area contributed by atoms with E-state index in [-0.39, 0.29) is 29.2 Å². The van der Waals surface area contributed by atoms with Crippen LogP contribution in [0, 0.1) is 5.92 Å². The lowest BCUT2D eigenvalue weighted by atomic mass is 9.96. The number of carbonyl (C=O) groups is 2. The summed E-state index contributed by atoms with van der Waals surface area (Å²) in [6.07, 6.45) is 2.15. The van der Waals surface area contributed by atoms with Gasteiger partial charge in [0, 0.05) is 26.1 Å². The molecule has 1 amide bonds. The van der Waals surface area contributed by atoms with Gasteiger partial charge in [-0.25, -0.2) is 13.1 Å². The second-order valence-corrected chi connectivity index (χ2v) is 9.63. The summed E-state index contributed by atoms with van der Waals surface area (Å²) < 4.78 is 32.7. The predicted octanol–water partition coefficient (Wildman–Crippen LogP) is 2.90. The molecule has 172 valence electrons. The first-order valence-corrected chi connectivity index (χ1v) is 12.4. The van der Waals surface area contributed by atoms with E-state index in [1.165, 1.54) is 0 Å². The summed E-state index contributed by atoms with van der Waals surface area (Å²) in [5, 5.41) is 0. The monoisotopic (exact) mass is 458 g/mol. The number of rotatable bonds is 9. The maximum absolute atomic E-state index is 12.5. The van der Waals surface area contributed by atoms with E-state index in [4.69, 9.17) is 4.74 Å². The molecule has 0 radical (unpaired) electrons. The molecule has 0 atom stereocenters. The molecule has 0 aromatic heterocycles. The summed E-state index contributed by atoms with van der Waals surface area (Å²) in [4.78, 5) is 26.3. The molecular formula is C24H30N2O5S. The van der Waals surface area contributed by atoms with Gasteiger partial charge < -0.3 is 9.64 Å². The molecular weight excluding hydrogens is 428 g/mol. The van der Waals surface area contributed by atoms with E-state index in [1.54, 1.807) is 36.1 Å². The number of amides is 1. The van der Waals surface area contributed by atoms with Gasteiger partial charge in [0.05, 0.1) is 17.4 Å².